The van der Waals surface area contributed by atoms with Crippen molar-refractivity contribution in [1.82, 2.24) is 10.9 Å². The number of benzene rings is 2. The van der Waals surface area contributed by atoms with E-state index in [4.69, 9.17) is 0 Å². The molecular weight excluding hydrogens is 272 g/mol. The maximum Gasteiger partial charge on any atom is 0.265 e. The van der Waals surface area contributed by atoms with Crippen molar-refractivity contribution in [1.29, 1.82) is 0 Å². The molecule has 0 heterocycles. The predicted molar refractivity (Wildman–Crippen MR) is 91.1 cm³/mol. The van der Waals surface area contributed by atoms with Gasteiger partial charge in [-0.1, -0.05) is 66.8 Å². The van der Waals surface area contributed by atoms with Crippen molar-refractivity contribution < 1.29 is 4.79 Å². The van der Waals surface area contributed by atoms with E-state index in [0.717, 1.165) is 12.0 Å². The minimum atomic E-state index is -0.150. The number of carbonyl (C=O) groups is 1. The van der Waals surface area contributed by atoms with Crippen LogP contribution in [0.5, 0.6) is 0 Å². The highest BCUT2D eigenvalue weighted by Gasteiger charge is 2.06. The molecule has 3 nitrogen and oxygen atoms in total. The van der Waals surface area contributed by atoms with Crippen LogP contribution < -0.4 is 10.9 Å². The molecule has 2 aromatic rings. The number of carbonyl (C=O) groups excluding carboxylic acids is 1. The van der Waals surface area contributed by atoms with Gasteiger partial charge in [-0.05, 0) is 24.1 Å². The van der Waals surface area contributed by atoms with Crippen LogP contribution in [0.4, 0.5) is 0 Å². The van der Waals surface area contributed by atoms with Gasteiger partial charge in [0.05, 0.1) is 0 Å². The van der Waals surface area contributed by atoms with E-state index in [2.05, 4.69) is 17.4 Å². The third kappa shape index (κ3) is 5.04. The molecule has 2 rings (SSSR count). The lowest BCUT2D eigenvalue weighted by atomic mass is 10.1. The van der Waals surface area contributed by atoms with E-state index in [1.165, 1.54) is 0 Å². The second-order valence-electron chi connectivity index (χ2n) is 4.87. The molecule has 0 radical (unpaired) electrons. The number of nitrogens with one attached hydrogen (secondary N) is 2. The summed E-state index contributed by atoms with van der Waals surface area (Å²) in [7, 11) is 0. The molecule has 1 atom stereocenters. The Balaban J connectivity index is 1.93. The van der Waals surface area contributed by atoms with E-state index in [1.54, 1.807) is 12.1 Å². The lowest BCUT2D eigenvalue weighted by molar-refractivity contribution is 0.0929. The monoisotopic (exact) mass is 292 g/mol. The van der Waals surface area contributed by atoms with Crippen LogP contribution in [0.25, 0.3) is 6.08 Å². The number of hydrogen-bond donors (Lipinski definition) is 2. The summed E-state index contributed by atoms with van der Waals surface area (Å²) in [6.45, 7) is 3.75. The quantitative estimate of drug-likeness (QED) is 0.605. The largest absolute Gasteiger partial charge is 0.287 e. The molecule has 2 aromatic carbocycles. The summed E-state index contributed by atoms with van der Waals surface area (Å²) < 4.78 is 0. The SMILES string of the molecule is C=CCC(/C=C/c1ccccc1)NNC(=O)c1ccccc1. The van der Waals surface area contributed by atoms with Crippen LogP contribution in [0.2, 0.25) is 0 Å². The zero-order valence-corrected chi connectivity index (χ0v) is 12.4. The van der Waals surface area contributed by atoms with Gasteiger partial charge in [-0.2, -0.15) is 0 Å². The van der Waals surface area contributed by atoms with Gasteiger partial charge in [-0.25, -0.2) is 5.43 Å². The maximum atomic E-state index is 12.0. The Morgan fingerprint density at radius 2 is 1.68 bits per heavy atom. The molecule has 112 valence electrons. The molecule has 0 bridgehead atoms. The summed E-state index contributed by atoms with van der Waals surface area (Å²) in [5.41, 5.74) is 7.51. The van der Waals surface area contributed by atoms with Crippen molar-refractivity contribution in [3.05, 3.63) is 90.5 Å². The minimum absolute atomic E-state index is 0.00892. The molecular formula is C19H20N2O. The first-order chi connectivity index (χ1) is 10.8. The fraction of sp³-hybridized carbons (Fsp3) is 0.105. The Hall–Kier alpha value is -2.65. The molecule has 0 aliphatic heterocycles. The van der Waals surface area contributed by atoms with E-state index < -0.39 is 0 Å². The average Bonchev–Trinajstić information content (AvgIpc) is 2.59. The lowest BCUT2D eigenvalue weighted by Gasteiger charge is -2.14. The normalized spacial score (nSPS) is 12.0. The summed E-state index contributed by atoms with van der Waals surface area (Å²) in [6.07, 6.45) is 6.58. The number of hydrogen-bond acceptors (Lipinski definition) is 2. The molecule has 0 aliphatic rings. The Kier molecular flexibility index (Phi) is 6.15. The lowest BCUT2D eigenvalue weighted by Crippen LogP contribution is -2.43. The van der Waals surface area contributed by atoms with Crippen LogP contribution in [-0.2, 0) is 0 Å². The van der Waals surface area contributed by atoms with E-state index in [-0.39, 0.29) is 11.9 Å². The smallest absolute Gasteiger partial charge is 0.265 e. The molecule has 1 amide bonds. The third-order valence-electron chi connectivity index (χ3n) is 3.15. The maximum absolute atomic E-state index is 12.0. The Morgan fingerprint density at radius 1 is 1.05 bits per heavy atom. The van der Waals surface area contributed by atoms with Crippen molar-refractivity contribution in [2.45, 2.75) is 12.5 Å². The van der Waals surface area contributed by atoms with Crippen molar-refractivity contribution in [3.8, 4) is 0 Å². The standard InChI is InChI=1S/C19H20N2O/c1-2-9-18(15-14-16-10-5-3-6-11-16)20-21-19(22)17-12-7-4-8-13-17/h2-8,10-15,18,20H,1,9H2,(H,21,22)/b15-14+. The van der Waals surface area contributed by atoms with Crippen LogP contribution in [0.15, 0.2) is 79.4 Å². The predicted octanol–water partition coefficient (Wildman–Crippen LogP) is 3.58. The fourth-order valence-electron chi connectivity index (χ4n) is 1.98. The Morgan fingerprint density at radius 3 is 2.32 bits per heavy atom. The second kappa shape index (κ2) is 8.60. The topological polar surface area (TPSA) is 41.1 Å². The summed E-state index contributed by atoms with van der Waals surface area (Å²) in [6, 6.07) is 19.1. The molecule has 0 fully saturated rings. The molecule has 22 heavy (non-hydrogen) atoms. The van der Waals surface area contributed by atoms with Gasteiger partial charge in [0.15, 0.2) is 0 Å². The van der Waals surface area contributed by atoms with Crippen molar-refractivity contribution in [2.24, 2.45) is 0 Å². The molecule has 2 N–H and O–H groups in total. The minimum Gasteiger partial charge on any atom is -0.287 e. The van der Waals surface area contributed by atoms with Crippen LogP contribution in [0, 0.1) is 0 Å². The van der Waals surface area contributed by atoms with Gasteiger partial charge in [0, 0.05) is 11.6 Å². The van der Waals surface area contributed by atoms with Gasteiger partial charge >= 0.3 is 0 Å². The van der Waals surface area contributed by atoms with E-state index >= 15 is 0 Å². The molecule has 1 unspecified atom stereocenters. The summed E-state index contributed by atoms with van der Waals surface area (Å²) in [4.78, 5) is 12.0. The first-order valence-electron chi connectivity index (χ1n) is 7.24. The van der Waals surface area contributed by atoms with Gasteiger partial charge in [-0.15, -0.1) is 6.58 Å². The number of rotatable bonds is 7. The van der Waals surface area contributed by atoms with Crippen molar-refractivity contribution >= 4 is 12.0 Å². The Bertz CT molecular complexity index is 620. The van der Waals surface area contributed by atoms with Crippen molar-refractivity contribution in [3.63, 3.8) is 0 Å². The fourth-order valence-corrected chi connectivity index (χ4v) is 1.98. The molecule has 3 heteroatoms. The zero-order chi connectivity index (χ0) is 15.6. The van der Waals surface area contributed by atoms with E-state index in [0.29, 0.717) is 5.56 Å². The number of amides is 1. The van der Waals surface area contributed by atoms with Gasteiger partial charge in [-0.3, -0.25) is 10.2 Å². The van der Waals surface area contributed by atoms with Crippen LogP contribution in [-0.4, -0.2) is 11.9 Å². The van der Waals surface area contributed by atoms with Gasteiger partial charge in [0.25, 0.3) is 5.91 Å². The first kappa shape index (κ1) is 15.7. The van der Waals surface area contributed by atoms with E-state index in [9.17, 15) is 4.79 Å². The summed E-state index contributed by atoms with van der Waals surface area (Å²) >= 11 is 0. The molecule has 0 spiro atoms. The number of hydrazine groups is 1. The highest BCUT2D eigenvalue weighted by Crippen LogP contribution is 2.04. The molecule has 0 aromatic heterocycles. The first-order valence-corrected chi connectivity index (χ1v) is 7.24. The van der Waals surface area contributed by atoms with Crippen LogP contribution in [0.3, 0.4) is 0 Å². The molecule has 0 aliphatic carbocycles. The van der Waals surface area contributed by atoms with E-state index in [1.807, 2.05) is 66.8 Å². The average molecular weight is 292 g/mol. The summed E-state index contributed by atoms with van der Waals surface area (Å²) in [5.74, 6) is -0.150. The third-order valence-corrected chi connectivity index (χ3v) is 3.15. The van der Waals surface area contributed by atoms with Gasteiger partial charge in [0.1, 0.15) is 0 Å². The highest BCUT2D eigenvalue weighted by atomic mass is 16.2. The highest BCUT2D eigenvalue weighted by molar-refractivity contribution is 5.93. The Labute approximate surface area is 131 Å². The van der Waals surface area contributed by atoms with Gasteiger partial charge in [0.2, 0.25) is 0 Å². The van der Waals surface area contributed by atoms with Crippen molar-refractivity contribution in [2.75, 3.05) is 0 Å². The zero-order valence-electron chi connectivity index (χ0n) is 12.4. The molecule has 0 saturated heterocycles. The second-order valence-corrected chi connectivity index (χ2v) is 4.87. The van der Waals surface area contributed by atoms with Crippen LogP contribution >= 0.6 is 0 Å². The van der Waals surface area contributed by atoms with Crippen LogP contribution in [0.1, 0.15) is 22.3 Å². The summed E-state index contributed by atoms with van der Waals surface area (Å²) in [5, 5.41) is 0. The molecule has 0 saturated carbocycles. The van der Waals surface area contributed by atoms with Gasteiger partial charge < -0.3 is 0 Å².